The van der Waals surface area contributed by atoms with Crippen LogP contribution >= 0.6 is 12.2 Å². The molecule has 1 N–H and O–H groups in total. The zero-order valence-electron chi connectivity index (χ0n) is 17.1. The number of hydrogen-bond donors (Lipinski definition) is 1. The van der Waals surface area contributed by atoms with Gasteiger partial charge in [0, 0.05) is 24.0 Å². The van der Waals surface area contributed by atoms with Crippen LogP contribution < -0.4 is 0 Å². The minimum atomic E-state index is -0.263. The number of ether oxygens (including phenoxy) is 1. The van der Waals surface area contributed by atoms with Crippen LogP contribution in [-0.2, 0) is 9.53 Å². The molecule has 0 radical (unpaired) electrons. The zero-order valence-corrected chi connectivity index (χ0v) is 17.9. The number of nitrogens with one attached hydrogen (secondary N) is 1. The third kappa shape index (κ3) is 3.37. The van der Waals surface area contributed by atoms with Gasteiger partial charge in [-0.25, -0.2) is 4.98 Å². The molecule has 0 saturated carbocycles. The predicted octanol–water partition coefficient (Wildman–Crippen LogP) is 4.11. The van der Waals surface area contributed by atoms with Crippen LogP contribution in [0, 0.1) is 10.7 Å². The first-order valence-electron chi connectivity index (χ1n) is 10.5. The number of para-hydroxylation sites is 2. The summed E-state index contributed by atoms with van der Waals surface area (Å²) >= 11 is 5.59. The van der Waals surface area contributed by atoms with Gasteiger partial charge < -0.3 is 14.6 Å². The van der Waals surface area contributed by atoms with Crippen molar-refractivity contribution < 1.29 is 14.3 Å². The summed E-state index contributed by atoms with van der Waals surface area (Å²) in [6.45, 7) is 3.16. The largest absolute Gasteiger partial charge is 0.466 e. The summed E-state index contributed by atoms with van der Waals surface area (Å²) in [6, 6.07) is 13.4. The predicted molar refractivity (Wildman–Crippen MR) is 121 cm³/mol. The highest BCUT2D eigenvalue weighted by molar-refractivity contribution is 7.71. The molecule has 0 aliphatic carbocycles. The number of aromatic amines is 1. The van der Waals surface area contributed by atoms with Crippen LogP contribution in [0.1, 0.15) is 30.1 Å². The van der Waals surface area contributed by atoms with Gasteiger partial charge in [0.05, 0.1) is 29.1 Å². The van der Waals surface area contributed by atoms with E-state index in [2.05, 4.69) is 4.98 Å². The van der Waals surface area contributed by atoms with E-state index in [4.69, 9.17) is 21.9 Å². The minimum absolute atomic E-state index is 0.0939. The molecule has 0 spiro atoms. The molecule has 1 saturated heterocycles. The Labute approximate surface area is 183 Å². The number of rotatable bonds is 3. The molecule has 1 aliphatic rings. The molecule has 2 aromatic heterocycles. The fourth-order valence-electron chi connectivity index (χ4n) is 4.36. The van der Waals surface area contributed by atoms with Crippen molar-refractivity contribution >= 4 is 51.7 Å². The van der Waals surface area contributed by atoms with E-state index in [0.717, 1.165) is 40.4 Å². The highest BCUT2D eigenvalue weighted by atomic mass is 32.1. The third-order valence-corrected chi connectivity index (χ3v) is 6.13. The Balaban J connectivity index is 1.52. The van der Waals surface area contributed by atoms with Crippen LogP contribution in [-0.4, -0.2) is 50.8 Å². The first kappa shape index (κ1) is 19.7. The van der Waals surface area contributed by atoms with Crippen LogP contribution in [0.25, 0.3) is 27.6 Å². The maximum atomic E-state index is 13.2. The summed E-state index contributed by atoms with van der Waals surface area (Å²) in [4.78, 5) is 35.0. The molecule has 31 heavy (non-hydrogen) atoms. The Kier molecular flexibility index (Phi) is 4.94. The number of piperidine rings is 1. The van der Waals surface area contributed by atoms with E-state index >= 15 is 0 Å². The number of imidazole rings is 1. The molecule has 1 aliphatic heterocycles. The number of carbonyl (C=O) groups is 2. The Hall–Kier alpha value is -3.26. The monoisotopic (exact) mass is 434 g/mol. The van der Waals surface area contributed by atoms with Gasteiger partial charge >= 0.3 is 5.97 Å². The lowest BCUT2D eigenvalue weighted by atomic mass is 9.97. The number of hydrogen-bond acceptors (Lipinski definition) is 5. The van der Waals surface area contributed by atoms with Crippen molar-refractivity contribution in [3.63, 3.8) is 0 Å². The lowest BCUT2D eigenvalue weighted by molar-refractivity contribution is -0.149. The molecule has 1 fully saturated rings. The molecule has 7 nitrogen and oxygen atoms in total. The maximum Gasteiger partial charge on any atom is 0.310 e. The van der Waals surface area contributed by atoms with Crippen LogP contribution in [0.4, 0.5) is 0 Å². The van der Waals surface area contributed by atoms with Gasteiger partial charge in [0.2, 0.25) is 0 Å². The van der Waals surface area contributed by atoms with E-state index in [1.165, 1.54) is 0 Å². The van der Waals surface area contributed by atoms with E-state index in [9.17, 15) is 9.59 Å². The van der Waals surface area contributed by atoms with Gasteiger partial charge in [-0.05, 0) is 62.3 Å². The van der Waals surface area contributed by atoms with Gasteiger partial charge in [0.1, 0.15) is 5.65 Å². The van der Waals surface area contributed by atoms with Crippen LogP contribution in [0.3, 0.4) is 0 Å². The van der Waals surface area contributed by atoms with Crippen LogP contribution in [0.2, 0.25) is 0 Å². The second-order valence-electron chi connectivity index (χ2n) is 7.79. The SMILES string of the molecule is CCOC(=O)[C@H]1CCCN(C(=O)c2ccc3c(c2)[nH]c(=S)n2c4ccccc4nc32)C1. The Morgan fingerprint density at radius 3 is 2.94 bits per heavy atom. The van der Waals surface area contributed by atoms with Gasteiger partial charge in [0.15, 0.2) is 4.77 Å². The number of amides is 1. The third-order valence-electron chi connectivity index (χ3n) is 5.84. The summed E-state index contributed by atoms with van der Waals surface area (Å²) in [5.74, 6) is -0.583. The lowest BCUT2D eigenvalue weighted by Gasteiger charge is -2.31. The number of aromatic nitrogens is 3. The Morgan fingerprint density at radius 2 is 2.10 bits per heavy atom. The van der Waals surface area contributed by atoms with E-state index in [0.29, 0.717) is 30.0 Å². The zero-order chi connectivity index (χ0) is 21.5. The number of fused-ring (bicyclic) bond motifs is 5. The second kappa shape index (κ2) is 7.77. The second-order valence-corrected chi connectivity index (χ2v) is 8.18. The van der Waals surface area contributed by atoms with Gasteiger partial charge in [-0.15, -0.1) is 0 Å². The van der Waals surface area contributed by atoms with Crippen LogP contribution in [0.5, 0.6) is 0 Å². The fraction of sp³-hybridized carbons (Fsp3) is 0.304. The molecule has 3 heterocycles. The van der Waals surface area contributed by atoms with Crippen molar-refractivity contribution in [3.8, 4) is 0 Å². The molecule has 158 valence electrons. The fourth-order valence-corrected chi connectivity index (χ4v) is 4.65. The van der Waals surface area contributed by atoms with Crippen molar-refractivity contribution in [2.45, 2.75) is 19.8 Å². The van der Waals surface area contributed by atoms with E-state index < -0.39 is 0 Å². The maximum absolute atomic E-state index is 13.2. The van der Waals surface area contributed by atoms with E-state index in [1.54, 1.807) is 11.8 Å². The molecular formula is C23H22N4O3S. The molecule has 4 aromatic rings. The summed E-state index contributed by atoms with van der Waals surface area (Å²) in [5.41, 5.74) is 3.90. The highest BCUT2D eigenvalue weighted by Crippen LogP contribution is 2.26. The highest BCUT2D eigenvalue weighted by Gasteiger charge is 2.30. The van der Waals surface area contributed by atoms with Gasteiger partial charge in [-0.1, -0.05) is 12.1 Å². The summed E-state index contributed by atoms with van der Waals surface area (Å²) in [7, 11) is 0. The molecule has 5 rings (SSSR count). The number of likely N-dealkylation sites (tertiary alicyclic amines) is 1. The van der Waals surface area contributed by atoms with Crippen molar-refractivity contribution in [1.29, 1.82) is 0 Å². The number of esters is 1. The van der Waals surface area contributed by atoms with Crippen molar-refractivity contribution in [3.05, 3.63) is 52.8 Å². The molecular weight excluding hydrogens is 412 g/mol. The topological polar surface area (TPSA) is 79.7 Å². The first-order valence-corrected chi connectivity index (χ1v) is 10.9. The molecule has 2 aromatic carbocycles. The average Bonchev–Trinajstić information content (AvgIpc) is 3.19. The summed E-state index contributed by atoms with van der Waals surface area (Å²) in [5, 5.41) is 0.893. The molecule has 8 heteroatoms. The standard InChI is InChI=1S/C23H22N4O3S/c1-2-30-22(29)15-6-5-11-26(13-15)21(28)14-9-10-16-18(12-14)25-23(31)27-19-8-4-3-7-17(19)24-20(16)27/h3-4,7-10,12,15H,2,5-6,11,13H2,1H3,(H,25,31)/t15-/m0/s1. The summed E-state index contributed by atoms with van der Waals surface area (Å²) < 4.78 is 7.60. The summed E-state index contributed by atoms with van der Waals surface area (Å²) in [6.07, 6.45) is 1.53. The molecule has 0 bridgehead atoms. The smallest absolute Gasteiger partial charge is 0.310 e. The van der Waals surface area contributed by atoms with Gasteiger partial charge in [-0.3, -0.25) is 14.0 Å². The molecule has 0 unspecified atom stereocenters. The minimum Gasteiger partial charge on any atom is -0.466 e. The van der Waals surface area contributed by atoms with Gasteiger partial charge in [0.25, 0.3) is 5.91 Å². The number of nitrogens with zero attached hydrogens (tertiary/aromatic N) is 3. The van der Waals surface area contributed by atoms with Crippen molar-refractivity contribution in [2.24, 2.45) is 5.92 Å². The molecule has 1 amide bonds. The normalized spacial score (nSPS) is 16.8. The first-order chi connectivity index (χ1) is 15.1. The Bertz CT molecular complexity index is 1390. The number of H-pyrrole nitrogens is 1. The van der Waals surface area contributed by atoms with Crippen molar-refractivity contribution in [2.75, 3.05) is 19.7 Å². The number of carbonyl (C=O) groups excluding carboxylic acids is 2. The van der Waals surface area contributed by atoms with E-state index in [-0.39, 0.29) is 17.8 Å². The lowest BCUT2D eigenvalue weighted by Crippen LogP contribution is -2.42. The quantitative estimate of drug-likeness (QED) is 0.388. The number of benzene rings is 2. The average molecular weight is 435 g/mol. The van der Waals surface area contributed by atoms with Crippen LogP contribution in [0.15, 0.2) is 42.5 Å². The Morgan fingerprint density at radius 1 is 1.26 bits per heavy atom. The van der Waals surface area contributed by atoms with Crippen molar-refractivity contribution in [1.82, 2.24) is 19.3 Å². The van der Waals surface area contributed by atoms with E-state index in [1.807, 2.05) is 46.9 Å². The molecule has 1 atom stereocenters. The van der Waals surface area contributed by atoms with Gasteiger partial charge in [-0.2, -0.15) is 0 Å².